The van der Waals surface area contributed by atoms with Crippen LogP contribution in [-0.4, -0.2) is 29.1 Å². The van der Waals surface area contributed by atoms with Gasteiger partial charge in [0, 0.05) is 31.6 Å². The molecular weight excluding hydrogens is 324 g/mol. The Morgan fingerprint density at radius 3 is 2.96 bits per heavy atom. The molecule has 0 N–H and O–H groups in total. The van der Waals surface area contributed by atoms with E-state index in [1.54, 1.807) is 24.5 Å². The van der Waals surface area contributed by atoms with Gasteiger partial charge in [-0.05, 0) is 43.3 Å². The van der Waals surface area contributed by atoms with E-state index >= 15 is 0 Å². The average Bonchev–Trinajstić information content (AvgIpc) is 2.62. The number of aliphatic imine (C=N–C) groups is 2. The predicted octanol–water partition coefficient (Wildman–Crippen LogP) is 3.30. The van der Waals surface area contributed by atoms with E-state index in [0.29, 0.717) is 48.1 Å². The summed E-state index contributed by atoms with van der Waals surface area (Å²) in [5, 5.41) is 0. The van der Waals surface area contributed by atoms with Crippen LogP contribution in [0.3, 0.4) is 0 Å². The Morgan fingerprint density at radius 2 is 2.20 bits per heavy atom. The molecule has 0 aliphatic carbocycles. The number of hydrogen-bond donors (Lipinski definition) is 0. The minimum Gasteiger partial charge on any atom is -0.352 e. The Labute approximate surface area is 144 Å². The highest BCUT2D eigenvalue weighted by Gasteiger charge is 2.22. The fourth-order valence-corrected chi connectivity index (χ4v) is 2.75. The molecule has 0 saturated heterocycles. The van der Waals surface area contributed by atoms with E-state index in [-0.39, 0.29) is 0 Å². The molecule has 0 atom stereocenters. The summed E-state index contributed by atoms with van der Waals surface area (Å²) in [4.78, 5) is 18.6. The minimum atomic E-state index is -0.571. The number of aromatic nitrogens is 2. The van der Waals surface area contributed by atoms with E-state index in [0.717, 1.165) is 6.07 Å². The van der Waals surface area contributed by atoms with Crippen LogP contribution in [-0.2, 0) is 13.0 Å². The molecular formula is C18H17F2N5. The summed E-state index contributed by atoms with van der Waals surface area (Å²) < 4.78 is 27.4. The lowest BCUT2D eigenvalue weighted by Gasteiger charge is -2.30. The summed E-state index contributed by atoms with van der Waals surface area (Å²) in [5.41, 5.74) is 1.20. The number of benzene rings is 1. The first-order valence-electron chi connectivity index (χ1n) is 7.83. The van der Waals surface area contributed by atoms with Gasteiger partial charge in [0.25, 0.3) is 0 Å². The van der Waals surface area contributed by atoms with E-state index in [1.165, 1.54) is 6.07 Å². The molecule has 0 amide bonds. The molecule has 128 valence electrons. The SMILES string of the molecule is C=NC(=N/C=C\C)c1nccc(N2CCc3c(F)cc(F)cc3C2)n1. The normalized spacial score (nSPS) is 14.7. The third kappa shape index (κ3) is 3.60. The zero-order valence-electron chi connectivity index (χ0n) is 13.8. The Morgan fingerprint density at radius 1 is 1.36 bits per heavy atom. The van der Waals surface area contributed by atoms with Crippen LogP contribution in [0.25, 0.3) is 0 Å². The summed E-state index contributed by atoms with van der Waals surface area (Å²) in [6, 6.07) is 4.05. The standard InChI is InChI=1S/C18H17F2N5/c1-3-6-22-17(21-2)18-23-7-4-16(24-18)25-8-5-14-12(11-25)9-13(19)10-15(14)20/h3-4,6-7,9-10H,2,5,8,11H2,1H3/b6-3-,22-17?. The molecule has 0 spiro atoms. The molecule has 1 aliphatic rings. The van der Waals surface area contributed by atoms with Crippen molar-refractivity contribution < 1.29 is 8.78 Å². The van der Waals surface area contributed by atoms with Gasteiger partial charge in [-0.3, -0.25) is 0 Å². The second-order valence-electron chi connectivity index (χ2n) is 5.53. The van der Waals surface area contributed by atoms with Crippen molar-refractivity contribution in [2.75, 3.05) is 11.4 Å². The topological polar surface area (TPSA) is 53.7 Å². The molecule has 1 aromatic carbocycles. The van der Waals surface area contributed by atoms with Crippen LogP contribution in [0.5, 0.6) is 0 Å². The molecule has 2 aromatic rings. The average molecular weight is 341 g/mol. The maximum absolute atomic E-state index is 13.9. The molecule has 0 fully saturated rings. The van der Waals surface area contributed by atoms with Gasteiger partial charge < -0.3 is 4.90 Å². The van der Waals surface area contributed by atoms with Crippen molar-refractivity contribution in [1.82, 2.24) is 9.97 Å². The minimum absolute atomic E-state index is 0.314. The van der Waals surface area contributed by atoms with Crippen molar-refractivity contribution in [1.29, 1.82) is 0 Å². The highest BCUT2D eigenvalue weighted by atomic mass is 19.1. The highest BCUT2D eigenvalue weighted by Crippen LogP contribution is 2.26. The smallest absolute Gasteiger partial charge is 0.199 e. The molecule has 0 bridgehead atoms. The maximum Gasteiger partial charge on any atom is 0.199 e. The van der Waals surface area contributed by atoms with Crippen LogP contribution in [0.15, 0.2) is 46.7 Å². The van der Waals surface area contributed by atoms with Crippen molar-refractivity contribution >= 4 is 18.4 Å². The van der Waals surface area contributed by atoms with E-state index < -0.39 is 11.6 Å². The second kappa shape index (κ2) is 7.29. The maximum atomic E-state index is 13.9. The molecule has 7 heteroatoms. The van der Waals surface area contributed by atoms with Crippen molar-refractivity contribution in [3.63, 3.8) is 0 Å². The van der Waals surface area contributed by atoms with E-state index in [4.69, 9.17) is 0 Å². The molecule has 25 heavy (non-hydrogen) atoms. The monoisotopic (exact) mass is 341 g/mol. The number of hydrogen-bond acceptors (Lipinski definition) is 4. The third-order valence-electron chi connectivity index (χ3n) is 3.91. The molecule has 3 rings (SSSR count). The van der Waals surface area contributed by atoms with Gasteiger partial charge in [0.05, 0.1) is 0 Å². The van der Waals surface area contributed by atoms with Crippen LogP contribution in [0.4, 0.5) is 14.6 Å². The number of rotatable bonds is 3. The lowest BCUT2D eigenvalue weighted by Crippen LogP contribution is -2.32. The second-order valence-corrected chi connectivity index (χ2v) is 5.53. The molecule has 1 aliphatic heterocycles. The molecule has 2 heterocycles. The van der Waals surface area contributed by atoms with Gasteiger partial charge in [-0.1, -0.05) is 6.08 Å². The Balaban J connectivity index is 1.90. The first-order chi connectivity index (χ1) is 12.1. The molecule has 0 radical (unpaired) electrons. The Hall–Kier alpha value is -2.96. The summed E-state index contributed by atoms with van der Waals surface area (Å²) in [6.45, 7) is 6.28. The van der Waals surface area contributed by atoms with Crippen LogP contribution in [0.1, 0.15) is 23.9 Å². The lowest BCUT2D eigenvalue weighted by atomic mass is 9.99. The number of anilines is 1. The molecule has 5 nitrogen and oxygen atoms in total. The van der Waals surface area contributed by atoms with Crippen molar-refractivity contribution in [3.05, 3.63) is 65.3 Å². The first-order valence-corrected chi connectivity index (χ1v) is 7.83. The summed E-state index contributed by atoms with van der Waals surface area (Å²) in [5.74, 6) is 0.251. The number of allylic oxidation sites excluding steroid dienone is 1. The number of fused-ring (bicyclic) bond motifs is 1. The van der Waals surface area contributed by atoms with Crippen molar-refractivity contribution in [2.45, 2.75) is 19.9 Å². The first kappa shape index (κ1) is 16.9. The van der Waals surface area contributed by atoms with E-state index in [1.807, 2.05) is 11.8 Å². The third-order valence-corrected chi connectivity index (χ3v) is 3.91. The largest absolute Gasteiger partial charge is 0.352 e. The van der Waals surface area contributed by atoms with Gasteiger partial charge in [0.2, 0.25) is 0 Å². The van der Waals surface area contributed by atoms with Crippen LogP contribution in [0.2, 0.25) is 0 Å². The zero-order chi connectivity index (χ0) is 17.8. The predicted molar refractivity (Wildman–Crippen MR) is 94.0 cm³/mol. The quantitative estimate of drug-likeness (QED) is 0.636. The fraction of sp³-hybridized carbons (Fsp3) is 0.222. The Kier molecular flexibility index (Phi) is 4.92. The summed E-state index contributed by atoms with van der Waals surface area (Å²) in [6.07, 6.45) is 5.44. The number of amidine groups is 1. The van der Waals surface area contributed by atoms with Gasteiger partial charge >= 0.3 is 0 Å². The van der Waals surface area contributed by atoms with Gasteiger partial charge in [0.1, 0.15) is 17.5 Å². The van der Waals surface area contributed by atoms with E-state index in [9.17, 15) is 8.78 Å². The summed E-state index contributed by atoms with van der Waals surface area (Å²) >= 11 is 0. The number of halogens is 2. The molecule has 0 saturated carbocycles. The van der Waals surface area contributed by atoms with Gasteiger partial charge in [-0.15, -0.1) is 0 Å². The zero-order valence-corrected chi connectivity index (χ0v) is 13.8. The van der Waals surface area contributed by atoms with Crippen molar-refractivity contribution in [2.24, 2.45) is 9.98 Å². The van der Waals surface area contributed by atoms with Gasteiger partial charge in [-0.2, -0.15) is 0 Å². The van der Waals surface area contributed by atoms with Gasteiger partial charge in [0.15, 0.2) is 11.7 Å². The van der Waals surface area contributed by atoms with Crippen molar-refractivity contribution in [3.8, 4) is 0 Å². The van der Waals surface area contributed by atoms with Gasteiger partial charge in [-0.25, -0.2) is 28.7 Å². The fourth-order valence-electron chi connectivity index (χ4n) is 2.75. The van der Waals surface area contributed by atoms with Crippen LogP contribution in [0, 0.1) is 11.6 Å². The van der Waals surface area contributed by atoms with E-state index in [2.05, 4.69) is 26.7 Å². The molecule has 0 unspecified atom stereocenters. The summed E-state index contributed by atoms with van der Waals surface area (Å²) in [7, 11) is 0. The lowest BCUT2D eigenvalue weighted by molar-refractivity contribution is 0.555. The number of nitrogens with zero attached hydrogens (tertiary/aromatic N) is 5. The Bertz CT molecular complexity index is 861. The van der Waals surface area contributed by atoms with Crippen LogP contribution >= 0.6 is 0 Å². The molecule has 1 aromatic heterocycles. The van der Waals surface area contributed by atoms with Crippen LogP contribution < -0.4 is 4.90 Å². The highest BCUT2D eigenvalue weighted by molar-refractivity contribution is 5.98.